The Morgan fingerprint density at radius 1 is 1.38 bits per heavy atom. The van der Waals surface area contributed by atoms with Crippen LogP contribution in [0.4, 0.5) is 0 Å². The molecule has 4 nitrogen and oxygen atoms in total. The quantitative estimate of drug-likeness (QED) is 0.443. The van der Waals surface area contributed by atoms with Crippen molar-refractivity contribution in [1.82, 2.24) is 0 Å². The topological polar surface area (TPSA) is 44.8 Å². The predicted molar refractivity (Wildman–Crippen MR) is 48.5 cm³/mol. The van der Waals surface area contributed by atoms with E-state index in [9.17, 15) is 4.79 Å². The molecular formula is C9H18O4. The van der Waals surface area contributed by atoms with Gasteiger partial charge in [0.1, 0.15) is 0 Å². The number of hydrogen-bond donors (Lipinski definition) is 0. The Kier molecular flexibility index (Phi) is 7.63. The number of unbranched alkanes of at least 4 members (excludes halogenated alkanes) is 1. The van der Waals surface area contributed by atoms with Crippen LogP contribution in [-0.2, 0) is 19.0 Å². The molecule has 0 fully saturated rings. The van der Waals surface area contributed by atoms with Crippen molar-refractivity contribution in [2.24, 2.45) is 0 Å². The van der Waals surface area contributed by atoms with Crippen molar-refractivity contribution in [2.45, 2.75) is 25.9 Å². The summed E-state index contributed by atoms with van der Waals surface area (Å²) in [5.74, 6) is -0.349. The Labute approximate surface area is 79.2 Å². The van der Waals surface area contributed by atoms with Crippen molar-refractivity contribution < 1.29 is 19.0 Å². The van der Waals surface area contributed by atoms with Crippen LogP contribution in [0.15, 0.2) is 0 Å². The van der Waals surface area contributed by atoms with Crippen LogP contribution in [0, 0.1) is 0 Å². The number of rotatable bonds is 7. The fourth-order valence-electron chi connectivity index (χ4n) is 0.794. The normalized spacial score (nSPS) is 12.5. The average Bonchev–Trinajstić information content (AvgIpc) is 2.14. The van der Waals surface area contributed by atoms with Crippen molar-refractivity contribution in [3.8, 4) is 0 Å². The SMILES string of the molecule is CCCCOC(=O)[C@@H](COC)OC. The summed E-state index contributed by atoms with van der Waals surface area (Å²) >= 11 is 0. The largest absolute Gasteiger partial charge is 0.464 e. The molecule has 0 aromatic heterocycles. The van der Waals surface area contributed by atoms with Crippen LogP contribution in [0.3, 0.4) is 0 Å². The second-order valence-electron chi connectivity index (χ2n) is 2.70. The first-order chi connectivity index (χ1) is 6.26. The zero-order chi connectivity index (χ0) is 10.1. The monoisotopic (exact) mass is 190 g/mol. The Hall–Kier alpha value is -0.610. The maximum absolute atomic E-state index is 11.2. The Balaban J connectivity index is 3.64. The number of methoxy groups -OCH3 is 2. The van der Waals surface area contributed by atoms with Gasteiger partial charge in [-0.3, -0.25) is 0 Å². The number of esters is 1. The zero-order valence-electron chi connectivity index (χ0n) is 8.54. The smallest absolute Gasteiger partial charge is 0.337 e. The van der Waals surface area contributed by atoms with Gasteiger partial charge < -0.3 is 14.2 Å². The Morgan fingerprint density at radius 3 is 2.54 bits per heavy atom. The molecule has 0 aromatic rings. The van der Waals surface area contributed by atoms with Gasteiger partial charge in [0.25, 0.3) is 0 Å². The highest BCUT2D eigenvalue weighted by molar-refractivity contribution is 5.74. The van der Waals surface area contributed by atoms with E-state index in [1.54, 1.807) is 0 Å². The van der Waals surface area contributed by atoms with E-state index >= 15 is 0 Å². The second-order valence-corrected chi connectivity index (χ2v) is 2.70. The molecule has 0 aliphatic heterocycles. The summed E-state index contributed by atoms with van der Waals surface area (Å²) in [4.78, 5) is 11.2. The number of ether oxygens (including phenoxy) is 3. The summed E-state index contributed by atoms with van der Waals surface area (Å²) in [6, 6.07) is 0. The third-order valence-electron chi connectivity index (χ3n) is 1.61. The highest BCUT2D eigenvalue weighted by Gasteiger charge is 2.18. The third-order valence-corrected chi connectivity index (χ3v) is 1.61. The van der Waals surface area contributed by atoms with Gasteiger partial charge in [-0.2, -0.15) is 0 Å². The molecule has 0 aliphatic rings. The van der Waals surface area contributed by atoms with Gasteiger partial charge in [-0.15, -0.1) is 0 Å². The van der Waals surface area contributed by atoms with Crippen LogP contribution in [0.2, 0.25) is 0 Å². The highest BCUT2D eigenvalue weighted by Crippen LogP contribution is 1.97. The molecule has 0 radical (unpaired) electrons. The first-order valence-corrected chi connectivity index (χ1v) is 4.44. The van der Waals surface area contributed by atoms with Gasteiger partial charge in [0, 0.05) is 14.2 Å². The summed E-state index contributed by atoms with van der Waals surface area (Å²) in [6.07, 6.45) is 1.30. The van der Waals surface area contributed by atoms with Crippen molar-refractivity contribution in [2.75, 3.05) is 27.4 Å². The van der Waals surface area contributed by atoms with E-state index in [0.29, 0.717) is 6.61 Å². The first-order valence-electron chi connectivity index (χ1n) is 4.44. The third kappa shape index (κ3) is 5.60. The molecule has 0 bridgehead atoms. The van der Waals surface area contributed by atoms with Gasteiger partial charge in [0.05, 0.1) is 13.2 Å². The average molecular weight is 190 g/mol. The molecule has 0 aliphatic carbocycles. The van der Waals surface area contributed by atoms with Crippen LogP contribution in [0.25, 0.3) is 0 Å². The Morgan fingerprint density at radius 2 is 2.08 bits per heavy atom. The maximum Gasteiger partial charge on any atom is 0.337 e. The number of carbonyl (C=O) groups excluding carboxylic acids is 1. The summed E-state index contributed by atoms with van der Waals surface area (Å²) < 4.78 is 14.6. The predicted octanol–water partition coefficient (Wildman–Crippen LogP) is 0.991. The lowest BCUT2D eigenvalue weighted by atomic mass is 10.3. The molecule has 0 rings (SSSR count). The summed E-state index contributed by atoms with van der Waals surface area (Å²) in [7, 11) is 2.98. The van der Waals surface area contributed by atoms with E-state index in [1.165, 1.54) is 14.2 Å². The molecule has 0 amide bonds. The summed E-state index contributed by atoms with van der Waals surface area (Å²) in [6.45, 7) is 2.73. The molecule has 1 atom stereocenters. The van der Waals surface area contributed by atoms with E-state index in [1.807, 2.05) is 6.92 Å². The van der Waals surface area contributed by atoms with E-state index < -0.39 is 6.10 Å². The molecule has 4 heteroatoms. The molecule has 78 valence electrons. The summed E-state index contributed by atoms with van der Waals surface area (Å²) in [5.41, 5.74) is 0. The molecule has 13 heavy (non-hydrogen) atoms. The number of hydrogen-bond acceptors (Lipinski definition) is 4. The highest BCUT2D eigenvalue weighted by atomic mass is 16.6. The minimum Gasteiger partial charge on any atom is -0.464 e. The summed E-state index contributed by atoms with van der Waals surface area (Å²) in [5, 5.41) is 0. The van der Waals surface area contributed by atoms with Gasteiger partial charge in [0.2, 0.25) is 0 Å². The van der Waals surface area contributed by atoms with Gasteiger partial charge in [0.15, 0.2) is 6.10 Å². The van der Waals surface area contributed by atoms with E-state index in [0.717, 1.165) is 12.8 Å². The standard InChI is InChI=1S/C9H18O4/c1-4-5-6-13-9(10)8(12-3)7-11-2/h8H,4-7H2,1-3H3/t8-/m1/s1. The van der Waals surface area contributed by atoms with E-state index in [-0.39, 0.29) is 12.6 Å². The molecule has 0 N–H and O–H groups in total. The molecule has 0 saturated carbocycles. The molecule has 0 saturated heterocycles. The fourth-order valence-corrected chi connectivity index (χ4v) is 0.794. The van der Waals surface area contributed by atoms with Crippen molar-refractivity contribution in [3.63, 3.8) is 0 Å². The zero-order valence-corrected chi connectivity index (χ0v) is 8.54. The molecule has 0 unspecified atom stereocenters. The Bertz CT molecular complexity index is 136. The second kappa shape index (κ2) is 8.01. The lowest BCUT2D eigenvalue weighted by molar-refractivity contribution is -0.158. The molecule has 0 heterocycles. The molecule has 0 spiro atoms. The van der Waals surface area contributed by atoms with E-state index in [4.69, 9.17) is 14.2 Å². The van der Waals surface area contributed by atoms with Gasteiger partial charge in [-0.1, -0.05) is 13.3 Å². The van der Waals surface area contributed by atoms with Crippen LogP contribution in [0.5, 0.6) is 0 Å². The van der Waals surface area contributed by atoms with E-state index in [2.05, 4.69) is 0 Å². The van der Waals surface area contributed by atoms with Gasteiger partial charge in [-0.05, 0) is 6.42 Å². The molecule has 0 aromatic carbocycles. The lowest BCUT2D eigenvalue weighted by Gasteiger charge is -2.12. The van der Waals surface area contributed by atoms with Crippen molar-refractivity contribution in [3.05, 3.63) is 0 Å². The van der Waals surface area contributed by atoms with Crippen LogP contribution < -0.4 is 0 Å². The van der Waals surface area contributed by atoms with Crippen LogP contribution >= 0.6 is 0 Å². The van der Waals surface area contributed by atoms with Gasteiger partial charge in [-0.25, -0.2) is 4.79 Å². The maximum atomic E-state index is 11.2. The van der Waals surface area contributed by atoms with Crippen molar-refractivity contribution in [1.29, 1.82) is 0 Å². The minimum absolute atomic E-state index is 0.238. The fraction of sp³-hybridized carbons (Fsp3) is 0.889. The number of carbonyl (C=O) groups is 1. The molecular weight excluding hydrogens is 172 g/mol. The minimum atomic E-state index is -0.596. The van der Waals surface area contributed by atoms with Crippen LogP contribution in [-0.4, -0.2) is 39.5 Å². The van der Waals surface area contributed by atoms with Gasteiger partial charge >= 0.3 is 5.97 Å². The first kappa shape index (κ1) is 12.4. The lowest BCUT2D eigenvalue weighted by Crippen LogP contribution is -2.30. The van der Waals surface area contributed by atoms with Crippen LogP contribution in [0.1, 0.15) is 19.8 Å². The van der Waals surface area contributed by atoms with Crippen molar-refractivity contribution >= 4 is 5.97 Å².